The summed E-state index contributed by atoms with van der Waals surface area (Å²) in [6.07, 6.45) is 0.358. The minimum absolute atomic E-state index is 0.0674. The van der Waals surface area contributed by atoms with Gasteiger partial charge < -0.3 is 10.0 Å². The third-order valence-electron chi connectivity index (χ3n) is 3.51. The van der Waals surface area contributed by atoms with Gasteiger partial charge in [0.1, 0.15) is 5.69 Å². The van der Waals surface area contributed by atoms with E-state index < -0.39 is 6.10 Å². The van der Waals surface area contributed by atoms with Crippen LogP contribution in [0.5, 0.6) is 0 Å². The fourth-order valence-corrected chi connectivity index (χ4v) is 3.54. The van der Waals surface area contributed by atoms with Gasteiger partial charge in [-0.25, -0.2) is 0 Å². The Balaban J connectivity index is 2.35. The molecule has 104 valence electrons. The normalized spacial score (nSPS) is 20.3. The minimum Gasteiger partial charge on any atom is -0.389 e. The smallest absolute Gasteiger partial charge is 0.292 e. The number of aliphatic hydroxyl groups is 1. The van der Waals surface area contributed by atoms with E-state index in [-0.39, 0.29) is 10.6 Å². The lowest BCUT2D eigenvalue weighted by atomic mass is 10.1. The SMILES string of the molecule is C[C@@H](O)c1ccc(N(C)C2CCSC2)c([N+](=O)[O-])c1. The van der Waals surface area contributed by atoms with Gasteiger partial charge in [0, 0.05) is 24.9 Å². The molecule has 1 unspecified atom stereocenters. The van der Waals surface area contributed by atoms with Crippen molar-refractivity contribution in [2.24, 2.45) is 0 Å². The van der Waals surface area contributed by atoms with E-state index in [1.54, 1.807) is 19.1 Å². The Morgan fingerprint density at radius 1 is 1.58 bits per heavy atom. The summed E-state index contributed by atoms with van der Waals surface area (Å²) in [7, 11) is 1.90. The van der Waals surface area contributed by atoms with E-state index in [4.69, 9.17) is 0 Å². The Hall–Kier alpha value is -1.27. The van der Waals surface area contributed by atoms with E-state index >= 15 is 0 Å². The number of nitro benzene ring substituents is 1. The van der Waals surface area contributed by atoms with Crippen molar-refractivity contribution in [3.8, 4) is 0 Å². The maximum atomic E-state index is 11.2. The summed E-state index contributed by atoms with van der Waals surface area (Å²) < 4.78 is 0. The van der Waals surface area contributed by atoms with Crippen molar-refractivity contribution in [3.05, 3.63) is 33.9 Å². The number of anilines is 1. The first-order valence-electron chi connectivity index (χ1n) is 6.27. The fraction of sp³-hybridized carbons (Fsp3) is 0.538. The number of benzene rings is 1. The molecule has 1 fully saturated rings. The van der Waals surface area contributed by atoms with Crippen LogP contribution in [0, 0.1) is 10.1 Å². The molecule has 0 aliphatic carbocycles. The van der Waals surface area contributed by atoms with Gasteiger partial charge in [-0.3, -0.25) is 10.1 Å². The summed E-state index contributed by atoms with van der Waals surface area (Å²) in [4.78, 5) is 12.8. The molecule has 0 aromatic heterocycles. The van der Waals surface area contributed by atoms with Gasteiger partial charge in [-0.15, -0.1) is 0 Å². The Kier molecular flexibility index (Phi) is 4.31. The minimum atomic E-state index is -0.694. The van der Waals surface area contributed by atoms with Gasteiger partial charge in [-0.1, -0.05) is 6.07 Å². The lowest BCUT2D eigenvalue weighted by Gasteiger charge is -2.26. The number of hydrogen-bond donors (Lipinski definition) is 1. The highest BCUT2D eigenvalue weighted by Gasteiger charge is 2.26. The zero-order valence-electron chi connectivity index (χ0n) is 11.1. The average Bonchev–Trinajstić information content (AvgIpc) is 2.90. The van der Waals surface area contributed by atoms with Crippen LogP contribution in [0.25, 0.3) is 0 Å². The largest absolute Gasteiger partial charge is 0.389 e. The molecule has 0 spiro atoms. The van der Waals surface area contributed by atoms with Crippen LogP contribution in [-0.4, -0.2) is 34.6 Å². The maximum Gasteiger partial charge on any atom is 0.292 e. The molecule has 0 bridgehead atoms. The summed E-state index contributed by atoms with van der Waals surface area (Å²) in [5.41, 5.74) is 1.27. The molecule has 1 aliphatic heterocycles. The molecule has 1 N–H and O–H groups in total. The summed E-state index contributed by atoms with van der Waals surface area (Å²) in [5, 5.41) is 20.7. The maximum absolute atomic E-state index is 11.2. The van der Waals surface area contributed by atoms with Crippen LogP contribution in [-0.2, 0) is 0 Å². The second-order valence-corrected chi connectivity index (χ2v) is 5.96. The molecule has 6 heteroatoms. The van der Waals surface area contributed by atoms with Crippen molar-refractivity contribution in [2.45, 2.75) is 25.5 Å². The second-order valence-electron chi connectivity index (χ2n) is 4.81. The molecule has 5 nitrogen and oxygen atoms in total. The number of nitrogens with zero attached hydrogens (tertiary/aromatic N) is 2. The highest BCUT2D eigenvalue weighted by Crippen LogP contribution is 2.34. The van der Waals surface area contributed by atoms with Gasteiger partial charge >= 0.3 is 0 Å². The quantitative estimate of drug-likeness (QED) is 0.679. The Labute approximate surface area is 116 Å². The average molecular weight is 282 g/mol. The first-order valence-corrected chi connectivity index (χ1v) is 7.43. The summed E-state index contributed by atoms with van der Waals surface area (Å²) >= 11 is 1.88. The molecule has 0 radical (unpaired) electrons. The number of aliphatic hydroxyl groups excluding tert-OH is 1. The molecule has 1 aliphatic rings. The van der Waals surface area contributed by atoms with E-state index in [1.807, 2.05) is 23.7 Å². The molecule has 1 saturated heterocycles. The Morgan fingerprint density at radius 2 is 2.32 bits per heavy atom. The van der Waals surface area contributed by atoms with Crippen molar-refractivity contribution in [3.63, 3.8) is 0 Å². The van der Waals surface area contributed by atoms with E-state index in [9.17, 15) is 15.2 Å². The molecular formula is C13H18N2O3S. The molecule has 19 heavy (non-hydrogen) atoms. The Bertz CT molecular complexity index is 473. The van der Waals surface area contributed by atoms with Gasteiger partial charge in [0.05, 0.1) is 11.0 Å². The van der Waals surface area contributed by atoms with Gasteiger partial charge in [-0.05, 0) is 30.7 Å². The lowest BCUT2D eigenvalue weighted by Crippen LogP contribution is -2.31. The topological polar surface area (TPSA) is 66.6 Å². The standard InChI is InChI=1S/C13H18N2O3S/c1-9(16)10-3-4-12(13(7-10)15(17)18)14(2)11-5-6-19-8-11/h3-4,7,9,11,16H,5-6,8H2,1-2H3/t9-,11?/m1/s1. The molecule has 0 saturated carbocycles. The van der Waals surface area contributed by atoms with Gasteiger partial charge in [0.2, 0.25) is 0 Å². The summed E-state index contributed by atoms with van der Waals surface area (Å²) in [6, 6.07) is 5.31. The molecule has 2 rings (SSSR count). The van der Waals surface area contributed by atoms with Crippen LogP contribution in [0.15, 0.2) is 18.2 Å². The molecule has 1 heterocycles. The molecule has 2 atom stereocenters. The molecule has 1 aromatic carbocycles. The van der Waals surface area contributed by atoms with E-state index in [2.05, 4.69) is 0 Å². The van der Waals surface area contributed by atoms with Crippen molar-refractivity contribution >= 4 is 23.1 Å². The van der Waals surface area contributed by atoms with E-state index in [0.717, 1.165) is 17.9 Å². The third kappa shape index (κ3) is 3.01. The number of hydrogen-bond acceptors (Lipinski definition) is 5. The zero-order chi connectivity index (χ0) is 14.0. The van der Waals surface area contributed by atoms with E-state index in [1.165, 1.54) is 6.07 Å². The molecule has 0 amide bonds. The van der Waals surface area contributed by atoms with Crippen LogP contribution in [0.2, 0.25) is 0 Å². The van der Waals surface area contributed by atoms with Crippen molar-refractivity contribution < 1.29 is 10.0 Å². The van der Waals surface area contributed by atoms with E-state index in [0.29, 0.717) is 17.3 Å². The lowest BCUT2D eigenvalue weighted by molar-refractivity contribution is -0.384. The highest BCUT2D eigenvalue weighted by molar-refractivity contribution is 7.99. The highest BCUT2D eigenvalue weighted by atomic mass is 32.2. The third-order valence-corrected chi connectivity index (χ3v) is 4.66. The Morgan fingerprint density at radius 3 is 2.84 bits per heavy atom. The van der Waals surface area contributed by atoms with Crippen LogP contribution in [0.3, 0.4) is 0 Å². The molecule has 1 aromatic rings. The summed E-state index contributed by atoms with van der Waals surface area (Å²) in [6.45, 7) is 1.61. The van der Waals surface area contributed by atoms with Crippen LogP contribution in [0.4, 0.5) is 11.4 Å². The summed E-state index contributed by atoms with van der Waals surface area (Å²) in [5.74, 6) is 2.11. The first kappa shape index (κ1) is 14.1. The van der Waals surface area contributed by atoms with Gasteiger partial charge in [-0.2, -0.15) is 11.8 Å². The second kappa shape index (κ2) is 5.79. The first-order chi connectivity index (χ1) is 9.00. The van der Waals surface area contributed by atoms with Crippen molar-refractivity contribution in [1.29, 1.82) is 0 Å². The number of thioether (sulfide) groups is 1. The van der Waals surface area contributed by atoms with Crippen LogP contribution < -0.4 is 4.90 Å². The van der Waals surface area contributed by atoms with Gasteiger partial charge in [0.25, 0.3) is 5.69 Å². The van der Waals surface area contributed by atoms with Crippen molar-refractivity contribution in [2.75, 3.05) is 23.5 Å². The number of nitro groups is 1. The van der Waals surface area contributed by atoms with Crippen molar-refractivity contribution in [1.82, 2.24) is 0 Å². The fourth-order valence-electron chi connectivity index (χ4n) is 2.27. The monoisotopic (exact) mass is 282 g/mol. The molecular weight excluding hydrogens is 264 g/mol. The predicted molar refractivity (Wildman–Crippen MR) is 77.9 cm³/mol. The van der Waals surface area contributed by atoms with Crippen LogP contribution >= 0.6 is 11.8 Å². The number of rotatable bonds is 4. The zero-order valence-corrected chi connectivity index (χ0v) is 11.9. The van der Waals surface area contributed by atoms with Gasteiger partial charge in [0.15, 0.2) is 0 Å². The van der Waals surface area contributed by atoms with Crippen LogP contribution in [0.1, 0.15) is 25.0 Å². The predicted octanol–water partition coefficient (Wildman–Crippen LogP) is 2.59.